The normalized spacial score (nSPS) is 18.9. The van der Waals surface area contributed by atoms with E-state index in [1.165, 1.54) is 37.1 Å². The Bertz CT molecular complexity index is 376. The van der Waals surface area contributed by atoms with Gasteiger partial charge in [0, 0.05) is 6.54 Å². The average Bonchev–Trinajstić information content (AvgIpc) is 2.38. The van der Waals surface area contributed by atoms with Crippen LogP contribution in [0, 0.1) is 0 Å². The highest BCUT2D eigenvalue weighted by atomic mass is 15.1. The molecule has 2 heteroatoms. The Labute approximate surface area is 104 Å². The van der Waals surface area contributed by atoms with Crippen LogP contribution >= 0.6 is 0 Å². The van der Waals surface area contributed by atoms with Crippen LogP contribution in [0.4, 0.5) is 0 Å². The van der Waals surface area contributed by atoms with Crippen molar-refractivity contribution in [3.63, 3.8) is 0 Å². The molecule has 17 heavy (non-hydrogen) atoms. The minimum atomic E-state index is 0.613. The molecule has 1 aliphatic rings. The lowest BCUT2D eigenvalue weighted by Gasteiger charge is -2.30. The van der Waals surface area contributed by atoms with Gasteiger partial charge in [0.05, 0.1) is 0 Å². The minimum Gasteiger partial charge on any atom is -0.327 e. The Hall–Kier alpha value is -1.12. The van der Waals surface area contributed by atoms with Gasteiger partial charge in [-0.25, -0.2) is 0 Å². The summed E-state index contributed by atoms with van der Waals surface area (Å²) in [6.45, 7) is 3.03. The smallest absolute Gasteiger partial charge is 0.0110 e. The van der Waals surface area contributed by atoms with Crippen molar-refractivity contribution in [3.05, 3.63) is 41.5 Å². The lowest BCUT2D eigenvalue weighted by atomic mass is 9.86. The maximum absolute atomic E-state index is 5.53. The molecule has 0 aromatic heterocycles. The van der Waals surface area contributed by atoms with Crippen molar-refractivity contribution in [2.24, 2.45) is 5.73 Å². The SMILES string of the molecule is CN1CCC(c2ccccc2/C=C/CN)CC1. The van der Waals surface area contributed by atoms with E-state index in [4.69, 9.17) is 5.73 Å². The van der Waals surface area contributed by atoms with Gasteiger partial charge in [-0.1, -0.05) is 36.4 Å². The molecule has 0 bridgehead atoms. The van der Waals surface area contributed by atoms with Gasteiger partial charge in [-0.05, 0) is 50.0 Å². The lowest BCUT2D eigenvalue weighted by Crippen LogP contribution is -2.29. The largest absolute Gasteiger partial charge is 0.327 e. The van der Waals surface area contributed by atoms with Gasteiger partial charge in [0.2, 0.25) is 0 Å². The summed E-state index contributed by atoms with van der Waals surface area (Å²) >= 11 is 0. The van der Waals surface area contributed by atoms with Crippen molar-refractivity contribution in [2.75, 3.05) is 26.7 Å². The first-order valence-corrected chi connectivity index (χ1v) is 6.45. The van der Waals surface area contributed by atoms with Gasteiger partial charge in [-0.3, -0.25) is 0 Å². The monoisotopic (exact) mass is 230 g/mol. The fourth-order valence-electron chi connectivity index (χ4n) is 2.55. The number of likely N-dealkylation sites (tertiary alicyclic amines) is 1. The Balaban J connectivity index is 2.16. The Morgan fingerprint density at radius 3 is 2.71 bits per heavy atom. The van der Waals surface area contributed by atoms with Gasteiger partial charge in [0.15, 0.2) is 0 Å². The third kappa shape index (κ3) is 3.18. The lowest BCUT2D eigenvalue weighted by molar-refractivity contribution is 0.255. The minimum absolute atomic E-state index is 0.613. The van der Waals surface area contributed by atoms with Crippen LogP contribution in [0.3, 0.4) is 0 Å². The van der Waals surface area contributed by atoms with E-state index in [-0.39, 0.29) is 0 Å². The third-order valence-corrected chi connectivity index (χ3v) is 3.59. The number of piperidine rings is 1. The van der Waals surface area contributed by atoms with Gasteiger partial charge in [0.1, 0.15) is 0 Å². The van der Waals surface area contributed by atoms with Crippen LogP contribution in [0.1, 0.15) is 29.9 Å². The molecular formula is C15H22N2. The number of nitrogens with zero attached hydrogens (tertiary/aromatic N) is 1. The van der Waals surface area contributed by atoms with Crippen LogP contribution in [0.2, 0.25) is 0 Å². The van der Waals surface area contributed by atoms with Crippen molar-refractivity contribution in [3.8, 4) is 0 Å². The molecule has 0 unspecified atom stereocenters. The number of rotatable bonds is 3. The van der Waals surface area contributed by atoms with E-state index >= 15 is 0 Å². The van der Waals surface area contributed by atoms with Gasteiger partial charge in [0.25, 0.3) is 0 Å². The maximum Gasteiger partial charge on any atom is 0.0110 e. The van der Waals surface area contributed by atoms with Gasteiger partial charge >= 0.3 is 0 Å². The first kappa shape index (κ1) is 12.3. The predicted molar refractivity (Wildman–Crippen MR) is 74.0 cm³/mol. The summed E-state index contributed by atoms with van der Waals surface area (Å²) in [7, 11) is 2.20. The van der Waals surface area contributed by atoms with Crippen molar-refractivity contribution in [1.29, 1.82) is 0 Å². The summed E-state index contributed by atoms with van der Waals surface area (Å²) in [5.74, 6) is 0.713. The third-order valence-electron chi connectivity index (χ3n) is 3.59. The van der Waals surface area contributed by atoms with E-state index in [2.05, 4.69) is 42.3 Å². The zero-order chi connectivity index (χ0) is 12.1. The molecule has 1 heterocycles. The molecule has 2 rings (SSSR count). The molecule has 0 spiro atoms. The molecule has 0 saturated carbocycles. The molecule has 1 aromatic carbocycles. The summed E-state index contributed by atoms with van der Waals surface area (Å²) in [6.07, 6.45) is 6.73. The molecule has 0 amide bonds. The molecule has 2 nitrogen and oxygen atoms in total. The van der Waals surface area contributed by atoms with Crippen molar-refractivity contribution >= 4 is 6.08 Å². The highest BCUT2D eigenvalue weighted by Gasteiger charge is 2.19. The van der Waals surface area contributed by atoms with Crippen molar-refractivity contribution < 1.29 is 0 Å². The van der Waals surface area contributed by atoms with Crippen LogP contribution in [-0.4, -0.2) is 31.6 Å². The Morgan fingerprint density at radius 2 is 2.00 bits per heavy atom. The zero-order valence-electron chi connectivity index (χ0n) is 10.6. The van der Waals surface area contributed by atoms with E-state index in [0.717, 1.165) is 0 Å². The van der Waals surface area contributed by atoms with E-state index in [9.17, 15) is 0 Å². The second-order valence-corrected chi connectivity index (χ2v) is 4.84. The average molecular weight is 230 g/mol. The molecule has 0 radical (unpaired) electrons. The van der Waals surface area contributed by atoms with E-state index in [1.807, 2.05) is 6.08 Å². The van der Waals surface area contributed by atoms with Gasteiger partial charge < -0.3 is 10.6 Å². The second-order valence-electron chi connectivity index (χ2n) is 4.84. The number of nitrogens with two attached hydrogens (primary N) is 1. The molecule has 1 aromatic rings. The highest BCUT2D eigenvalue weighted by molar-refractivity contribution is 5.55. The van der Waals surface area contributed by atoms with Crippen LogP contribution in [0.15, 0.2) is 30.3 Å². The first-order valence-electron chi connectivity index (χ1n) is 6.45. The molecule has 1 aliphatic heterocycles. The molecule has 1 fully saturated rings. The summed E-state index contributed by atoms with van der Waals surface area (Å²) in [5.41, 5.74) is 8.36. The van der Waals surface area contributed by atoms with Crippen LogP contribution in [0.25, 0.3) is 6.08 Å². The van der Waals surface area contributed by atoms with Crippen LogP contribution in [0.5, 0.6) is 0 Å². The van der Waals surface area contributed by atoms with E-state index in [1.54, 1.807) is 0 Å². The second kappa shape index (κ2) is 5.99. The summed E-state index contributed by atoms with van der Waals surface area (Å²) in [5, 5.41) is 0. The molecule has 92 valence electrons. The van der Waals surface area contributed by atoms with Gasteiger partial charge in [-0.2, -0.15) is 0 Å². The topological polar surface area (TPSA) is 29.3 Å². The van der Waals surface area contributed by atoms with Gasteiger partial charge in [-0.15, -0.1) is 0 Å². The first-order chi connectivity index (χ1) is 8.31. The Morgan fingerprint density at radius 1 is 1.29 bits per heavy atom. The standard InChI is InChI=1S/C15H22N2/c1-17-11-8-14(9-12-17)15-7-3-2-5-13(15)6-4-10-16/h2-7,14H,8-12,16H2,1H3/b6-4+. The van der Waals surface area contributed by atoms with E-state index in [0.29, 0.717) is 12.5 Å². The molecule has 2 N–H and O–H groups in total. The van der Waals surface area contributed by atoms with E-state index < -0.39 is 0 Å². The van der Waals surface area contributed by atoms with Crippen LogP contribution < -0.4 is 5.73 Å². The zero-order valence-corrected chi connectivity index (χ0v) is 10.6. The summed E-state index contributed by atoms with van der Waals surface area (Å²) < 4.78 is 0. The fraction of sp³-hybridized carbons (Fsp3) is 0.467. The highest BCUT2D eigenvalue weighted by Crippen LogP contribution is 2.30. The Kier molecular flexibility index (Phi) is 4.35. The summed E-state index contributed by atoms with van der Waals surface area (Å²) in [4.78, 5) is 2.41. The number of hydrogen-bond acceptors (Lipinski definition) is 2. The molecule has 0 aliphatic carbocycles. The molecule has 1 saturated heterocycles. The van der Waals surface area contributed by atoms with Crippen LogP contribution in [-0.2, 0) is 0 Å². The molecule has 0 atom stereocenters. The summed E-state index contributed by atoms with van der Waals surface area (Å²) in [6, 6.07) is 8.72. The maximum atomic E-state index is 5.53. The van der Waals surface area contributed by atoms with Crippen molar-refractivity contribution in [1.82, 2.24) is 4.90 Å². The van der Waals surface area contributed by atoms with Crippen molar-refractivity contribution in [2.45, 2.75) is 18.8 Å². The predicted octanol–water partition coefficient (Wildman–Crippen LogP) is 2.47. The number of hydrogen-bond donors (Lipinski definition) is 1. The fourth-order valence-corrected chi connectivity index (χ4v) is 2.55. The number of benzene rings is 1. The quantitative estimate of drug-likeness (QED) is 0.864. The molecular weight excluding hydrogens is 208 g/mol.